The molecule has 3 heteroatoms. The van der Waals surface area contributed by atoms with Gasteiger partial charge in [0.2, 0.25) is 5.88 Å². The highest BCUT2D eigenvalue weighted by Crippen LogP contribution is 2.24. The van der Waals surface area contributed by atoms with E-state index in [4.69, 9.17) is 10.5 Å². The van der Waals surface area contributed by atoms with Gasteiger partial charge in [0, 0.05) is 17.5 Å². The molecule has 1 aliphatic carbocycles. The Balaban J connectivity index is 1.82. The molecule has 1 aromatic carbocycles. The van der Waals surface area contributed by atoms with E-state index in [2.05, 4.69) is 4.98 Å². The number of hydrogen-bond acceptors (Lipinski definition) is 3. The zero-order valence-electron chi connectivity index (χ0n) is 8.97. The third kappa shape index (κ3) is 1.74. The lowest BCUT2D eigenvalue weighted by Crippen LogP contribution is -2.43. The lowest BCUT2D eigenvalue weighted by Gasteiger charge is -2.32. The minimum atomic E-state index is 0.253. The summed E-state index contributed by atoms with van der Waals surface area (Å²) >= 11 is 0. The minimum Gasteiger partial charge on any atom is -0.474 e. The maximum atomic E-state index is 5.74. The van der Waals surface area contributed by atoms with Crippen molar-refractivity contribution >= 4 is 10.9 Å². The molecule has 0 unspecified atom stereocenters. The van der Waals surface area contributed by atoms with Crippen LogP contribution in [0.4, 0.5) is 0 Å². The molecule has 0 saturated heterocycles. The highest BCUT2D eigenvalue weighted by molar-refractivity contribution is 5.78. The Morgan fingerprint density at radius 1 is 1.12 bits per heavy atom. The molecule has 1 heterocycles. The summed E-state index contributed by atoms with van der Waals surface area (Å²) in [6.45, 7) is 0. The van der Waals surface area contributed by atoms with E-state index in [-0.39, 0.29) is 6.10 Å². The van der Waals surface area contributed by atoms with Gasteiger partial charge in [0.25, 0.3) is 0 Å². The van der Waals surface area contributed by atoms with E-state index >= 15 is 0 Å². The zero-order valence-corrected chi connectivity index (χ0v) is 8.97. The maximum absolute atomic E-state index is 5.74. The summed E-state index contributed by atoms with van der Waals surface area (Å²) in [5.41, 5.74) is 6.69. The number of benzene rings is 1. The lowest BCUT2D eigenvalue weighted by molar-refractivity contribution is 0.0962. The summed E-state index contributed by atoms with van der Waals surface area (Å²) in [4.78, 5) is 4.46. The lowest BCUT2D eigenvalue weighted by atomic mass is 9.90. The molecule has 1 saturated carbocycles. The number of aromatic nitrogens is 1. The Hall–Kier alpha value is -1.61. The molecule has 3 nitrogen and oxygen atoms in total. The summed E-state index contributed by atoms with van der Waals surface area (Å²) in [5, 5.41) is 1.14. The van der Waals surface area contributed by atoms with E-state index in [1.54, 1.807) is 0 Å². The van der Waals surface area contributed by atoms with Gasteiger partial charge in [-0.1, -0.05) is 18.2 Å². The second-order valence-electron chi connectivity index (χ2n) is 4.31. The van der Waals surface area contributed by atoms with Crippen molar-refractivity contribution in [3.8, 4) is 5.88 Å². The molecule has 0 bridgehead atoms. The van der Waals surface area contributed by atoms with Crippen molar-refractivity contribution < 1.29 is 4.74 Å². The van der Waals surface area contributed by atoms with Gasteiger partial charge in [-0.3, -0.25) is 0 Å². The van der Waals surface area contributed by atoms with Crippen molar-refractivity contribution in [3.05, 3.63) is 36.4 Å². The van der Waals surface area contributed by atoms with Crippen LogP contribution >= 0.6 is 0 Å². The van der Waals surface area contributed by atoms with Gasteiger partial charge in [-0.05, 0) is 25.0 Å². The van der Waals surface area contributed by atoms with Crippen molar-refractivity contribution in [2.24, 2.45) is 5.73 Å². The number of fused-ring (bicyclic) bond motifs is 1. The van der Waals surface area contributed by atoms with Gasteiger partial charge >= 0.3 is 0 Å². The average molecular weight is 214 g/mol. The normalized spacial score (nSPS) is 24.1. The Bertz CT molecular complexity index is 506. The molecule has 2 N–H and O–H groups in total. The van der Waals surface area contributed by atoms with Crippen molar-refractivity contribution in [2.45, 2.75) is 25.0 Å². The Morgan fingerprint density at radius 2 is 1.94 bits per heavy atom. The molecule has 3 rings (SSSR count). The molecular weight excluding hydrogens is 200 g/mol. The van der Waals surface area contributed by atoms with E-state index in [9.17, 15) is 0 Å². The van der Waals surface area contributed by atoms with Gasteiger partial charge in [-0.25, -0.2) is 4.98 Å². The van der Waals surface area contributed by atoms with Crippen molar-refractivity contribution in [1.29, 1.82) is 0 Å². The third-order valence-corrected chi connectivity index (χ3v) is 2.99. The van der Waals surface area contributed by atoms with Gasteiger partial charge in [-0.15, -0.1) is 0 Å². The average Bonchev–Trinajstić information content (AvgIpc) is 2.27. The van der Waals surface area contributed by atoms with Crippen LogP contribution in [0.3, 0.4) is 0 Å². The Kier molecular flexibility index (Phi) is 2.26. The first-order chi connectivity index (χ1) is 7.81. The first-order valence-electron chi connectivity index (χ1n) is 5.59. The molecule has 0 radical (unpaired) electrons. The molecule has 2 aromatic rings. The Labute approximate surface area is 94.2 Å². The SMILES string of the molecule is NC1CC(Oc2ccc3ccccc3n2)C1. The second kappa shape index (κ2) is 3.76. The van der Waals surface area contributed by atoms with Crippen LogP contribution < -0.4 is 10.5 Å². The van der Waals surface area contributed by atoms with Crippen molar-refractivity contribution in [3.63, 3.8) is 0 Å². The smallest absolute Gasteiger partial charge is 0.214 e. The molecule has 1 fully saturated rings. The summed E-state index contributed by atoms with van der Waals surface area (Å²) in [6, 6.07) is 12.3. The molecule has 0 atom stereocenters. The summed E-state index contributed by atoms with van der Waals surface area (Å²) in [6.07, 6.45) is 2.13. The molecule has 1 aliphatic rings. The van der Waals surface area contributed by atoms with Crippen LogP contribution in [0.2, 0.25) is 0 Å². The minimum absolute atomic E-state index is 0.253. The van der Waals surface area contributed by atoms with Gasteiger partial charge in [-0.2, -0.15) is 0 Å². The van der Waals surface area contributed by atoms with Crippen LogP contribution in [0.5, 0.6) is 5.88 Å². The standard InChI is InChI=1S/C13H14N2O/c14-10-7-11(8-10)16-13-6-5-9-3-1-2-4-12(9)15-13/h1-6,10-11H,7-8,14H2. The largest absolute Gasteiger partial charge is 0.474 e. The van der Waals surface area contributed by atoms with E-state index < -0.39 is 0 Å². The number of pyridine rings is 1. The fraction of sp³-hybridized carbons (Fsp3) is 0.308. The Morgan fingerprint density at radius 3 is 2.75 bits per heavy atom. The van der Waals surface area contributed by atoms with Gasteiger partial charge in [0.1, 0.15) is 6.10 Å². The monoisotopic (exact) mass is 214 g/mol. The van der Waals surface area contributed by atoms with Crippen LogP contribution in [-0.4, -0.2) is 17.1 Å². The molecular formula is C13H14N2O. The fourth-order valence-corrected chi connectivity index (χ4v) is 1.99. The van der Waals surface area contributed by atoms with Crippen LogP contribution in [0.1, 0.15) is 12.8 Å². The number of rotatable bonds is 2. The molecule has 0 amide bonds. The quantitative estimate of drug-likeness (QED) is 0.832. The van der Waals surface area contributed by atoms with Gasteiger partial charge in [0.05, 0.1) is 5.52 Å². The number of nitrogens with two attached hydrogens (primary N) is 1. The predicted molar refractivity (Wildman–Crippen MR) is 63.4 cm³/mol. The van der Waals surface area contributed by atoms with E-state index in [1.807, 2.05) is 36.4 Å². The zero-order chi connectivity index (χ0) is 11.0. The summed E-state index contributed by atoms with van der Waals surface area (Å²) in [5.74, 6) is 0.704. The molecule has 0 aliphatic heterocycles. The summed E-state index contributed by atoms with van der Waals surface area (Å²) < 4.78 is 5.74. The first-order valence-corrected chi connectivity index (χ1v) is 5.59. The van der Waals surface area contributed by atoms with Gasteiger partial charge in [0.15, 0.2) is 0 Å². The first kappa shape index (κ1) is 9.60. The molecule has 16 heavy (non-hydrogen) atoms. The predicted octanol–water partition coefficient (Wildman–Crippen LogP) is 2.10. The summed E-state index contributed by atoms with van der Waals surface area (Å²) in [7, 11) is 0. The third-order valence-electron chi connectivity index (χ3n) is 2.99. The van der Waals surface area contributed by atoms with E-state index in [1.165, 1.54) is 0 Å². The van der Waals surface area contributed by atoms with Crippen molar-refractivity contribution in [2.75, 3.05) is 0 Å². The fourth-order valence-electron chi connectivity index (χ4n) is 1.99. The maximum Gasteiger partial charge on any atom is 0.214 e. The number of nitrogens with zero attached hydrogens (tertiary/aromatic N) is 1. The topological polar surface area (TPSA) is 48.1 Å². The number of para-hydroxylation sites is 1. The molecule has 0 spiro atoms. The van der Waals surface area contributed by atoms with Crippen LogP contribution in [0.25, 0.3) is 10.9 Å². The number of hydrogen-bond donors (Lipinski definition) is 1. The van der Waals surface area contributed by atoms with Crippen molar-refractivity contribution in [1.82, 2.24) is 4.98 Å². The number of ether oxygens (including phenoxy) is 1. The van der Waals surface area contributed by atoms with E-state index in [0.29, 0.717) is 11.9 Å². The molecule has 82 valence electrons. The van der Waals surface area contributed by atoms with Gasteiger partial charge < -0.3 is 10.5 Å². The van der Waals surface area contributed by atoms with Crippen LogP contribution in [0, 0.1) is 0 Å². The highest BCUT2D eigenvalue weighted by Gasteiger charge is 2.27. The van der Waals surface area contributed by atoms with Crippen LogP contribution in [-0.2, 0) is 0 Å². The van der Waals surface area contributed by atoms with Crippen LogP contribution in [0.15, 0.2) is 36.4 Å². The second-order valence-corrected chi connectivity index (χ2v) is 4.31. The molecule has 1 aromatic heterocycles. The highest BCUT2D eigenvalue weighted by atomic mass is 16.5. The van der Waals surface area contributed by atoms with E-state index in [0.717, 1.165) is 23.7 Å².